The highest BCUT2D eigenvalue weighted by Gasteiger charge is 2.27. The van der Waals surface area contributed by atoms with Crippen LogP contribution in [0.4, 0.5) is 17.6 Å². The average Bonchev–Trinajstić information content (AvgIpc) is 2.70. The van der Waals surface area contributed by atoms with Crippen LogP contribution in [0, 0.1) is 5.82 Å². The first-order valence-corrected chi connectivity index (χ1v) is 9.79. The van der Waals surface area contributed by atoms with Gasteiger partial charge in [-0.1, -0.05) is 29.8 Å². The van der Waals surface area contributed by atoms with E-state index in [1.807, 2.05) is 4.90 Å². The third-order valence-electron chi connectivity index (χ3n) is 4.81. The summed E-state index contributed by atoms with van der Waals surface area (Å²) in [5.41, 5.74) is 1.33. The number of nitrogens with zero attached hydrogens (tertiary/aromatic N) is 2. The fraction of sp³-hybridized carbons (Fsp3) is 0.381. The number of amides is 1. The molecule has 0 aliphatic carbocycles. The lowest BCUT2D eigenvalue weighted by Gasteiger charge is -2.35. The lowest BCUT2D eigenvalue weighted by molar-refractivity contribution is -0.176. The van der Waals surface area contributed by atoms with E-state index in [-0.39, 0.29) is 18.3 Å². The summed E-state index contributed by atoms with van der Waals surface area (Å²) in [7, 11) is 0. The third-order valence-corrected chi connectivity index (χ3v) is 5.17. The van der Waals surface area contributed by atoms with Gasteiger partial charge in [0, 0.05) is 48.9 Å². The fourth-order valence-electron chi connectivity index (χ4n) is 3.28. The van der Waals surface area contributed by atoms with Crippen molar-refractivity contribution in [2.24, 2.45) is 0 Å². The number of hydrogen-bond donors (Lipinski definition) is 0. The van der Waals surface area contributed by atoms with Gasteiger partial charge < -0.3 is 9.64 Å². The molecule has 0 unspecified atom stereocenters. The number of carbonyl (C=O) groups excluding carboxylic acids is 1. The minimum absolute atomic E-state index is 0.198. The van der Waals surface area contributed by atoms with Crippen LogP contribution in [0.25, 0.3) is 0 Å². The van der Waals surface area contributed by atoms with Crippen LogP contribution in [0.3, 0.4) is 0 Å². The molecule has 1 fully saturated rings. The maximum absolute atomic E-state index is 14.0. The SMILES string of the molecule is O=C(c1cccc(COCC(F)(F)F)c1)N1CCN(Cc2c(F)cccc2Cl)CC1. The van der Waals surface area contributed by atoms with Crippen LogP contribution in [0.15, 0.2) is 42.5 Å². The first kappa shape index (κ1) is 22.5. The average molecular weight is 445 g/mol. The number of alkyl halides is 3. The maximum atomic E-state index is 14.0. The summed E-state index contributed by atoms with van der Waals surface area (Å²) in [5, 5.41) is 0.373. The van der Waals surface area contributed by atoms with Crippen molar-refractivity contribution in [2.75, 3.05) is 32.8 Å². The van der Waals surface area contributed by atoms with E-state index in [9.17, 15) is 22.4 Å². The van der Waals surface area contributed by atoms with Crippen molar-refractivity contribution < 1.29 is 27.1 Å². The highest BCUT2D eigenvalue weighted by atomic mass is 35.5. The van der Waals surface area contributed by atoms with Crippen LogP contribution in [0.2, 0.25) is 5.02 Å². The van der Waals surface area contributed by atoms with Gasteiger partial charge in [-0.3, -0.25) is 9.69 Å². The van der Waals surface area contributed by atoms with Crippen molar-refractivity contribution in [1.29, 1.82) is 0 Å². The predicted octanol–water partition coefficient (Wildman–Crippen LogP) is 4.52. The van der Waals surface area contributed by atoms with Gasteiger partial charge in [0.1, 0.15) is 12.4 Å². The lowest BCUT2D eigenvalue weighted by atomic mass is 10.1. The van der Waals surface area contributed by atoms with E-state index >= 15 is 0 Å². The van der Waals surface area contributed by atoms with E-state index < -0.39 is 12.8 Å². The zero-order chi connectivity index (χ0) is 21.7. The van der Waals surface area contributed by atoms with E-state index in [0.29, 0.717) is 54.4 Å². The molecule has 0 aromatic heterocycles. The third kappa shape index (κ3) is 6.17. The standard InChI is InChI=1S/C21H21ClF4N2O2/c22-18-5-2-6-19(23)17(18)12-27-7-9-28(10-8-27)20(29)16-4-1-3-15(11-16)13-30-14-21(24,25)26/h1-6,11H,7-10,12-14H2. The number of piperazine rings is 1. The van der Waals surface area contributed by atoms with Gasteiger partial charge in [-0.2, -0.15) is 13.2 Å². The molecular weight excluding hydrogens is 424 g/mol. The highest BCUT2D eigenvalue weighted by Crippen LogP contribution is 2.22. The summed E-state index contributed by atoms with van der Waals surface area (Å²) < 4.78 is 55.2. The van der Waals surface area contributed by atoms with Gasteiger partial charge >= 0.3 is 6.18 Å². The summed E-state index contributed by atoms with van der Waals surface area (Å²) in [6.45, 7) is 0.839. The summed E-state index contributed by atoms with van der Waals surface area (Å²) in [4.78, 5) is 16.5. The summed E-state index contributed by atoms with van der Waals surface area (Å²) in [5.74, 6) is -0.554. The monoisotopic (exact) mass is 444 g/mol. The number of hydrogen-bond acceptors (Lipinski definition) is 3. The topological polar surface area (TPSA) is 32.8 Å². The molecule has 30 heavy (non-hydrogen) atoms. The predicted molar refractivity (Wildman–Crippen MR) is 105 cm³/mol. The van der Waals surface area contributed by atoms with Crippen LogP contribution >= 0.6 is 11.6 Å². The molecule has 0 saturated carbocycles. The van der Waals surface area contributed by atoms with Crippen LogP contribution in [-0.2, 0) is 17.9 Å². The Morgan fingerprint density at radius 3 is 2.43 bits per heavy atom. The number of carbonyl (C=O) groups is 1. The number of benzene rings is 2. The molecule has 3 rings (SSSR count). The zero-order valence-electron chi connectivity index (χ0n) is 16.1. The smallest absolute Gasteiger partial charge is 0.367 e. The van der Waals surface area contributed by atoms with Crippen molar-refractivity contribution in [1.82, 2.24) is 9.80 Å². The second-order valence-electron chi connectivity index (χ2n) is 7.08. The largest absolute Gasteiger partial charge is 0.411 e. The Morgan fingerprint density at radius 2 is 1.77 bits per heavy atom. The molecule has 9 heteroatoms. The Labute approximate surface area is 177 Å². The molecule has 4 nitrogen and oxygen atoms in total. The normalized spacial score (nSPS) is 15.4. The molecule has 0 spiro atoms. The van der Waals surface area contributed by atoms with E-state index in [0.717, 1.165) is 0 Å². The number of halogens is 5. The Balaban J connectivity index is 1.54. The van der Waals surface area contributed by atoms with Gasteiger partial charge in [-0.05, 0) is 29.8 Å². The Bertz CT molecular complexity index is 863. The first-order chi connectivity index (χ1) is 14.2. The number of rotatable bonds is 6. The first-order valence-electron chi connectivity index (χ1n) is 9.41. The molecule has 162 valence electrons. The second kappa shape index (κ2) is 9.76. The number of ether oxygens (including phenoxy) is 1. The van der Waals surface area contributed by atoms with Crippen LogP contribution in [-0.4, -0.2) is 54.7 Å². The van der Waals surface area contributed by atoms with Crippen molar-refractivity contribution in [2.45, 2.75) is 19.3 Å². The van der Waals surface area contributed by atoms with E-state index in [2.05, 4.69) is 4.74 Å². The van der Waals surface area contributed by atoms with Gasteiger partial charge in [0.15, 0.2) is 0 Å². The van der Waals surface area contributed by atoms with E-state index in [1.54, 1.807) is 41.3 Å². The minimum Gasteiger partial charge on any atom is -0.367 e. The molecule has 0 N–H and O–H groups in total. The van der Waals surface area contributed by atoms with Crippen molar-refractivity contribution >= 4 is 17.5 Å². The Kier molecular flexibility index (Phi) is 7.33. The van der Waals surface area contributed by atoms with Gasteiger partial charge in [0.2, 0.25) is 0 Å². The Morgan fingerprint density at radius 1 is 1.07 bits per heavy atom. The molecule has 2 aromatic carbocycles. The maximum Gasteiger partial charge on any atom is 0.411 e. The fourth-order valence-corrected chi connectivity index (χ4v) is 3.50. The van der Waals surface area contributed by atoms with E-state index in [1.165, 1.54) is 6.07 Å². The van der Waals surface area contributed by atoms with Crippen molar-refractivity contribution in [3.05, 3.63) is 70.0 Å². The minimum atomic E-state index is -4.39. The Hall–Kier alpha value is -2.16. The van der Waals surface area contributed by atoms with Crippen LogP contribution in [0.1, 0.15) is 21.5 Å². The van der Waals surface area contributed by atoms with Gasteiger partial charge in [-0.15, -0.1) is 0 Å². The zero-order valence-corrected chi connectivity index (χ0v) is 16.8. The molecule has 0 bridgehead atoms. The quantitative estimate of drug-likeness (QED) is 0.614. The van der Waals surface area contributed by atoms with E-state index in [4.69, 9.17) is 11.6 Å². The van der Waals surface area contributed by atoms with Gasteiger partial charge in [0.25, 0.3) is 5.91 Å². The molecule has 1 amide bonds. The summed E-state index contributed by atoms with van der Waals surface area (Å²) >= 11 is 6.08. The van der Waals surface area contributed by atoms with Crippen molar-refractivity contribution in [3.8, 4) is 0 Å². The molecule has 0 radical (unpaired) electrons. The second-order valence-corrected chi connectivity index (χ2v) is 7.48. The van der Waals surface area contributed by atoms with Gasteiger partial charge in [0.05, 0.1) is 6.61 Å². The van der Waals surface area contributed by atoms with Crippen LogP contribution < -0.4 is 0 Å². The summed E-state index contributed by atoms with van der Waals surface area (Å²) in [6.07, 6.45) is -4.39. The van der Waals surface area contributed by atoms with Crippen molar-refractivity contribution in [3.63, 3.8) is 0 Å². The molecule has 1 aliphatic rings. The molecule has 1 heterocycles. The molecule has 1 saturated heterocycles. The molecular formula is C21H21ClF4N2O2. The van der Waals surface area contributed by atoms with Crippen LogP contribution in [0.5, 0.6) is 0 Å². The molecule has 0 atom stereocenters. The molecule has 2 aromatic rings. The van der Waals surface area contributed by atoms with Gasteiger partial charge in [-0.25, -0.2) is 4.39 Å². The summed E-state index contributed by atoms with van der Waals surface area (Å²) in [6, 6.07) is 11.0. The molecule has 1 aliphatic heterocycles. The highest BCUT2D eigenvalue weighted by molar-refractivity contribution is 6.31. The lowest BCUT2D eigenvalue weighted by Crippen LogP contribution is -2.48.